The third kappa shape index (κ3) is 30.0. The van der Waals surface area contributed by atoms with Crippen molar-refractivity contribution in [2.24, 2.45) is 0 Å². The first-order valence-corrected chi connectivity index (χ1v) is 25.3. The standard InChI is InChI=1S/C49H97NO9/c1-3-5-7-9-11-13-14-15-16-17-18-19-20-21-22-23-24-25-26-27-28-29-30-32-34-36-38-44(53)50-41(40-58-49-48(57)47(56)46(55)43(39-51)59-49)45(54)42(52)37-35-33-31-12-10-8-6-4-2/h41-43,45-49,51-52,54-57H,3-40H2,1-2H3,(H,50,53)/t41-,42+,43+,45-,46-,47?,48?,49+/m0/s1. The normalized spacial score (nSPS) is 21.1. The minimum absolute atomic E-state index is 0.255. The first kappa shape index (κ1) is 56.2. The number of amides is 1. The van der Waals surface area contributed by atoms with E-state index >= 15 is 0 Å². The Bertz CT molecular complexity index is 911. The predicted octanol–water partition coefficient (Wildman–Crippen LogP) is 10.1. The Kier molecular flexibility index (Phi) is 38.0. The molecule has 1 fully saturated rings. The molecule has 0 aliphatic carbocycles. The van der Waals surface area contributed by atoms with Crippen LogP contribution >= 0.6 is 0 Å². The number of aliphatic hydroxyl groups is 6. The monoisotopic (exact) mass is 844 g/mol. The average molecular weight is 844 g/mol. The fraction of sp³-hybridized carbons (Fsp3) is 0.980. The second-order valence-corrected chi connectivity index (χ2v) is 18.1. The fourth-order valence-corrected chi connectivity index (χ4v) is 8.44. The molecular weight excluding hydrogens is 747 g/mol. The van der Waals surface area contributed by atoms with Crippen molar-refractivity contribution in [3.8, 4) is 0 Å². The van der Waals surface area contributed by atoms with Gasteiger partial charge < -0.3 is 45.4 Å². The highest BCUT2D eigenvalue weighted by Gasteiger charge is 2.44. The summed E-state index contributed by atoms with van der Waals surface area (Å²) in [6.07, 6.45) is 34.4. The summed E-state index contributed by atoms with van der Waals surface area (Å²) in [6.45, 7) is 3.59. The lowest BCUT2D eigenvalue weighted by Gasteiger charge is -2.40. The molecule has 352 valence electrons. The summed E-state index contributed by atoms with van der Waals surface area (Å²) in [6, 6.07) is -0.983. The van der Waals surface area contributed by atoms with Gasteiger partial charge in [0.15, 0.2) is 6.29 Å². The van der Waals surface area contributed by atoms with Crippen molar-refractivity contribution < 1.29 is 44.9 Å². The minimum Gasteiger partial charge on any atom is -0.394 e. The zero-order valence-corrected chi connectivity index (χ0v) is 38.4. The van der Waals surface area contributed by atoms with Gasteiger partial charge >= 0.3 is 0 Å². The Morgan fingerprint density at radius 3 is 1.25 bits per heavy atom. The number of rotatable bonds is 43. The number of carbonyl (C=O) groups is 1. The van der Waals surface area contributed by atoms with Crippen molar-refractivity contribution in [2.75, 3.05) is 13.2 Å². The molecule has 2 unspecified atom stereocenters. The predicted molar refractivity (Wildman–Crippen MR) is 241 cm³/mol. The van der Waals surface area contributed by atoms with Crippen LogP contribution in [0.3, 0.4) is 0 Å². The number of hydrogen-bond acceptors (Lipinski definition) is 9. The second-order valence-electron chi connectivity index (χ2n) is 18.1. The lowest BCUT2D eigenvalue weighted by atomic mass is 9.98. The van der Waals surface area contributed by atoms with E-state index in [0.717, 1.165) is 44.9 Å². The summed E-state index contributed by atoms with van der Waals surface area (Å²) in [5.74, 6) is -0.255. The van der Waals surface area contributed by atoms with Gasteiger partial charge in [0.25, 0.3) is 0 Å². The summed E-state index contributed by atoms with van der Waals surface area (Å²) in [4.78, 5) is 13.0. The fourth-order valence-electron chi connectivity index (χ4n) is 8.44. The van der Waals surface area contributed by atoms with E-state index in [1.807, 2.05) is 0 Å². The van der Waals surface area contributed by atoms with Gasteiger partial charge in [-0.2, -0.15) is 0 Å². The number of unbranched alkanes of at least 4 members (excludes halogenated alkanes) is 32. The first-order valence-electron chi connectivity index (χ1n) is 25.3. The lowest BCUT2D eigenvalue weighted by Crippen LogP contribution is -2.60. The van der Waals surface area contributed by atoms with Crippen molar-refractivity contribution in [1.82, 2.24) is 5.32 Å². The molecule has 1 aliphatic heterocycles. The third-order valence-electron chi connectivity index (χ3n) is 12.6. The van der Waals surface area contributed by atoms with Gasteiger partial charge in [-0.05, 0) is 12.8 Å². The molecule has 1 amide bonds. The number of ether oxygens (including phenoxy) is 2. The van der Waals surface area contributed by atoms with Gasteiger partial charge in [0.05, 0.1) is 25.4 Å². The third-order valence-corrected chi connectivity index (χ3v) is 12.6. The number of nitrogens with one attached hydrogen (secondary N) is 1. The van der Waals surface area contributed by atoms with Crippen molar-refractivity contribution in [3.05, 3.63) is 0 Å². The zero-order valence-electron chi connectivity index (χ0n) is 38.4. The SMILES string of the molecule is CCCCCCCCCCCCCCCCCCCCCCCCCCCCC(=O)N[C@@H](CO[C@@H]1O[C@H](CO)[C@H](O)C(O)C1O)[C@H](O)[C@H](O)CCCCCCCCCC. The van der Waals surface area contributed by atoms with Crippen LogP contribution in [0.2, 0.25) is 0 Å². The van der Waals surface area contributed by atoms with Crippen LogP contribution in [0, 0.1) is 0 Å². The topological polar surface area (TPSA) is 169 Å². The molecule has 7 N–H and O–H groups in total. The van der Waals surface area contributed by atoms with E-state index < -0.39 is 55.6 Å². The van der Waals surface area contributed by atoms with E-state index in [1.165, 1.54) is 173 Å². The molecular formula is C49H97NO9. The summed E-state index contributed by atoms with van der Waals surface area (Å²) in [5.41, 5.74) is 0. The highest BCUT2D eigenvalue weighted by molar-refractivity contribution is 5.76. The van der Waals surface area contributed by atoms with Gasteiger partial charge in [-0.3, -0.25) is 4.79 Å². The van der Waals surface area contributed by atoms with Crippen LogP contribution in [0.5, 0.6) is 0 Å². The van der Waals surface area contributed by atoms with Crippen LogP contribution in [-0.2, 0) is 14.3 Å². The summed E-state index contributed by atoms with van der Waals surface area (Å²) >= 11 is 0. The highest BCUT2D eigenvalue weighted by Crippen LogP contribution is 2.23. The van der Waals surface area contributed by atoms with E-state index in [1.54, 1.807) is 0 Å². The molecule has 0 radical (unpaired) electrons. The van der Waals surface area contributed by atoms with E-state index in [4.69, 9.17) is 9.47 Å². The van der Waals surface area contributed by atoms with Crippen molar-refractivity contribution in [3.63, 3.8) is 0 Å². The van der Waals surface area contributed by atoms with Crippen molar-refractivity contribution in [2.45, 2.75) is 294 Å². The molecule has 0 bridgehead atoms. The van der Waals surface area contributed by atoms with E-state index in [2.05, 4.69) is 19.2 Å². The molecule has 0 aromatic rings. The van der Waals surface area contributed by atoms with Crippen LogP contribution in [0.1, 0.15) is 245 Å². The van der Waals surface area contributed by atoms with Crippen LogP contribution in [0.15, 0.2) is 0 Å². The molecule has 0 spiro atoms. The Morgan fingerprint density at radius 1 is 0.525 bits per heavy atom. The van der Waals surface area contributed by atoms with E-state index in [0.29, 0.717) is 6.42 Å². The molecule has 8 atom stereocenters. The Labute approximate surface area is 362 Å². The van der Waals surface area contributed by atoms with Crippen LogP contribution in [0.25, 0.3) is 0 Å². The molecule has 1 saturated heterocycles. The van der Waals surface area contributed by atoms with E-state index in [-0.39, 0.29) is 18.9 Å². The molecule has 59 heavy (non-hydrogen) atoms. The number of aliphatic hydroxyl groups excluding tert-OH is 6. The Morgan fingerprint density at radius 2 is 0.881 bits per heavy atom. The molecule has 0 saturated carbocycles. The molecule has 1 aliphatic rings. The smallest absolute Gasteiger partial charge is 0.220 e. The molecule has 0 aromatic heterocycles. The number of carbonyl (C=O) groups excluding carboxylic acids is 1. The maximum atomic E-state index is 13.0. The molecule has 1 heterocycles. The quantitative estimate of drug-likeness (QED) is 0.0296. The molecule has 1 rings (SSSR count). The average Bonchev–Trinajstić information content (AvgIpc) is 3.23. The minimum atomic E-state index is -1.60. The molecule has 10 heteroatoms. The summed E-state index contributed by atoms with van der Waals surface area (Å²) < 4.78 is 11.1. The largest absolute Gasteiger partial charge is 0.394 e. The van der Waals surface area contributed by atoms with Gasteiger partial charge in [0.2, 0.25) is 5.91 Å². The van der Waals surface area contributed by atoms with Gasteiger partial charge in [0, 0.05) is 6.42 Å². The summed E-state index contributed by atoms with van der Waals surface area (Å²) in [7, 11) is 0. The van der Waals surface area contributed by atoms with Gasteiger partial charge in [-0.25, -0.2) is 0 Å². The Balaban J connectivity index is 2.18. The molecule has 10 nitrogen and oxygen atoms in total. The molecule has 0 aromatic carbocycles. The van der Waals surface area contributed by atoms with Crippen molar-refractivity contribution in [1.29, 1.82) is 0 Å². The van der Waals surface area contributed by atoms with Gasteiger partial charge in [0.1, 0.15) is 30.5 Å². The first-order chi connectivity index (χ1) is 28.8. The van der Waals surface area contributed by atoms with Crippen LogP contribution in [0.4, 0.5) is 0 Å². The zero-order chi connectivity index (χ0) is 43.2. The van der Waals surface area contributed by atoms with Crippen LogP contribution < -0.4 is 5.32 Å². The van der Waals surface area contributed by atoms with Gasteiger partial charge in [-0.1, -0.05) is 226 Å². The van der Waals surface area contributed by atoms with E-state index in [9.17, 15) is 35.4 Å². The Hall–Kier alpha value is -0.850. The van der Waals surface area contributed by atoms with Crippen LogP contribution in [-0.4, -0.2) is 98.7 Å². The number of hydrogen-bond donors (Lipinski definition) is 7. The van der Waals surface area contributed by atoms with Gasteiger partial charge in [-0.15, -0.1) is 0 Å². The second kappa shape index (κ2) is 40.0. The maximum Gasteiger partial charge on any atom is 0.220 e. The maximum absolute atomic E-state index is 13.0. The lowest BCUT2D eigenvalue weighted by molar-refractivity contribution is -0.303. The highest BCUT2D eigenvalue weighted by atomic mass is 16.7. The van der Waals surface area contributed by atoms with Crippen molar-refractivity contribution >= 4 is 5.91 Å². The summed E-state index contributed by atoms with van der Waals surface area (Å²) in [5, 5.41) is 65.0.